The number of carbonyl (C=O) groups is 1. The van der Waals surface area contributed by atoms with Crippen molar-refractivity contribution in [3.63, 3.8) is 0 Å². The second-order valence-electron chi connectivity index (χ2n) is 7.41. The summed E-state index contributed by atoms with van der Waals surface area (Å²) in [7, 11) is 0. The molecular weight excluding hydrogens is 348 g/mol. The summed E-state index contributed by atoms with van der Waals surface area (Å²) in [4.78, 5) is 16.9. The summed E-state index contributed by atoms with van der Waals surface area (Å²) in [6.45, 7) is 9.05. The Labute approximate surface area is 159 Å². The number of amides is 1. The van der Waals surface area contributed by atoms with E-state index in [9.17, 15) is 4.79 Å². The van der Waals surface area contributed by atoms with Crippen LogP contribution in [-0.4, -0.2) is 53.3 Å². The van der Waals surface area contributed by atoms with Gasteiger partial charge in [0.1, 0.15) is 0 Å². The number of piperazine rings is 1. The van der Waals surface area contributed by atoms with Gasteiger partial charge >= 0.3 is 0 Å². The summed E-state index contributed by atoms with van der Waals surface area (Å²) >= 11 is 6.16. The number of hydrogen-bond acceptors (Lipinski definition) is 2. The Balaban J connectivity index is 1.68. The average Bonchev–Trinajstić information content (AvgIpc) is 3.44. The van der Waals surface area contributed by atoms with E-state index in [0.717, 1.165) is 68.2 Å². The van der Waals surface area contributed by atoms with E-state index in [1.54, 1.807) is 4.90 Å². The Morgan fingerprint density at radius 2 is 2.04 bits per heavy atom. The standard InChI is InChI=1S/C20H25ClN4O/c1-3-23-9-11-24(12-10-23)20(26)18-14(2)25(22-19(18)15-7-8-15)17-6-4-5-16(21)13-17/h4-6,13,15H,3,7-12H2,1-2H3/p+1. The molecule has 2 aromatic rings. The van der Waals surface area contributed by atoms with Crippen molar-refractivity contribution < 1.29 is 9.69 Å². The molecule has 26 heavy (non-hydrogen) atoms. The van der Waals surface area contributed by atoms with E-state index in [1.165, 1.54) is 0 Å². The molecular formula is C20H26ClN4O+. The molecule has 1 aromatic heterocycles. The summed E-state index contributed by atoms with van der Waals surface area (Å²) in [6.07, 6.45) is 2.25. The molecule has 1 N–H and O–H groups in total. The molecule has 1 amide bonds. The molecule has 0 spiro atoms. The van der Waals surface area contributed by atoms with Crippen LogP contribution in [-0.2, 0) is 0 Å². The molecule has 2 heterocycles. The van der Waals surface area contributed by atoms with Crippen molar-refractivity contribution in [1.29, 1.82) is 0 Å². The molecule has 138 valence electrons. The summed E-state index contributed by atoms with van der Waals surface area (Å²) in [5.41, 5.74) is 3.62. The van der Waals surface area contributed by atoms with Crippen molar-refractivity contribution in [2.24, 2.45) is 0 Å². The monoisotopic (exact) mass is 373 g/mol. The number of nitrogens with zero attached hydrogens (tertiary/aromatic N) is 3. The van der Waals surface area contributed by atoms with Gasteiger partial charge in [0.05, 0.1) is 55.4 Å². The van der Waals surface area contributed by atoms with Gasteiger partial charge in [0, 0.05) is 10.9 Å². The summed E-state index contributed by atoms with van der Waals surface area (Å²) in [6, 6.07) is 7.66. The Bertz CT molecular complexity index is 819. The van der Waals surface area contributed by atoms with Crippen LogP contribution >= 0.6 is 11.6 Å². The lowest BCUT2D eigenvalue weighted by atomic mass is 10.1. The van der Waals surface area contributed by atoms with Crippen LogP contribution in [0.25, 0.3) is 5.69 Å². The lowest BCUT2D eigenvalue weighted by molar-refractivity contribution is -0.902. The Morgan fingerprint density at radius 1 is 1.31 bits per heavy atom. The molecule has 6 heteroatoms. The molecule has 2 aliphatic rings. The van der Waals surface area contributed by atoms with Crippen LogP contribution < -0.4 is 4.90 Å². The predicted molar refractivity (Wildman–Crippen MR) is 102 cm³/mol. The fourth-order valence-electron chi connectivity index (χ4n) is 3.83. The van der Waals surface area contributed by atoms with Crippen LogP contribution in [0.5, 0.6) is 0 Å². The van der Waals surface area contributed by atoms with Crippen molar-refractivity contribution in [2.75, 3.05) is 32.7 Å². The van der Waals surface area contributed by atoms with Gasteiger partial charge in [-0.3, -0.25) is 4.79 Å². The van der Waals surface area contributed by atoms with E-state index in [2.05, 4.69) is 6.92 Å². The second-order valence-corrected chi connectivity index (χ2v) is 7.84. The normalized spacial score (nSPS) is 18.3. The molecule has 2 fully saturated rings. The third kappa shape index (κ3) is 3.26. The number of carbonyl (C=O) groups excluding carboxylic acids is 1. The van der Waals surface area contributed by atoms with E-state index in [-0.39, 0.29) is 5.91 Å². The van der Waals surface area contributed by atoms with E-state index in [0.29, 0.717) is 10.9 Å². The number of aromatic nitrogens is 2. The first kappa shape index (κ1) is 17.6. The fourth-order valence-corrected chi connectivity index (χ4v) is 4.01. The molecule has 0 radical (unpaired) electrons. The highest BCUT2D eigenvalue weighted by Crippen LogP contribution is 2.42. The minimum atomic E-state index is 0.146. The zero-order chi connectivity index (χ0) is 18.3. The highest BCUT2D eigenvalue weighted by molar-refractivity contribution is 6.30. The van der Waals surface area contributed by atoms with Gasteiger partial charge in [-0.15, -0.1) is 0 Å². The highest BCUT2D eigenvalue weighted by atomic mass is 35.5. The van der Waals surface area contributed by atoms with E-state index in [1.807, 2.05) is 40.8 Å². The summed E-state index contributed by atoms with van der Waals surface area (Å²) < 4.78 is 1.89. The first-order chi connectivity index (χ1) is 12.6. The predicted octanol–water partition coefficient (Wildman–Crippen LogP) is 2.07. The molecule has 1 aliphatic heterocycles. The maximum absolute atomic E-state index is 13.3. The topological polar surface area (TPSA) is 42.6 Å². The van der Waals surface area contributed by atoms with Gasteiger partial charge in [0.15, 0.2) is 0 Å². The van der Waals surface area contributed by atoms with E-state index >= 15 is 0 Å². The lowest BCUT2D eigenvalue weighted by Crippen LogP contribution is -3.14. The van der Waals surface area contributed by atoms with Gasteiger partial charge in [0.2, 0.25) is 0 Å². The zero-order valence-electron chi connectivity index (χ0n) is 15.5. The van der Waals surface area contributed by atoms with Crippen molar-refractivity contribution >= 4 is 17.5 Å². The molecule has 1 aromatic carbocycles. The van der Waals surface area contributed by atoms with Crippen molar-refractivity contribution in [1.82, 2.24) is 14.7 Å². The molecule has 0 atom stereocenters. The number of rotatable bonds is 4. The molecule has 1 aliphatic carbocycles. The van der Waals surface area contributed by atoms with Crippen LogP contribution in [0.3, 0.4) is 0 Å². The maximum Gasteiger partial charge on any atom is 0.258 e. The van der Waals surface area contributed by atoms with Crippen LogP contribution in [0, 0.1) is 6.92 Å². The second kappa shape index (κ2) is 7.05. The number of benzene rings is 1. The van der Waals surface area contributed by atoms with E-state index in [4.69, 9.17) is 16.7 Å². The highest BCUT2D eigenvalue weighted by Gasteiger charge is 2.36. The van der Waals surface area contributed by atoms with E-state index < -0.39 is 0 Å². The SMILES string of the molecule is CC[NH+]1CCN(C(=O)c2c(C3CC3)nn(-c3cccc(Cl)c3)c2C)CC1. The van der Waals surface area contributed by atoms with Gasteiger partial charge in [0.25, 0.3) is 5.91 Å². The van der Waals surface area contributed by atoms with Gasteiger partial charge in [-0.25, -0.2) is 4.68 Å². The fraction of sp³-hybridized carbons (Fsp3) is 0.500. The summed E-state index contributed by atoms with van der Waals surface area (Å²) in [5, 5.41) is 5.51. The Hall–Kier alpha value is -1.85. The van der Waals surface area contributed by atoms with Crippen molar-refractivity contribution in [2.45, 2.75) is 32.6 Å². The van der Waals surface area contributed by atoms with Gasteiger partial charge in [-0.2, -0.15) is 5.10 Å². The molecule has 1 saturated heterocycles. The quantitative estimate of drug-likeness (QED) is 0.891. The van der Waals surface area contributed by atoms with Gasteiger partial charge in [-0.05, 0) is 44.9 Å². The van der Waals surface area contributed by atoms with Crippen LogP contribution in [0.1, 0.15) is 47.4 Å². The molecule has 4 rings (SSSR count). The van der Waals surface area contributed by atoms with Crippen LogP contribution in [0.15, 0.2) is 24.3 Å². The lowest BCUT2D eigenvalue weighted by Gasteiger charge is -2.31. The van der Waals surface area contributed by atoms with Gasteiger partial charge in [-0.1, -0.05) is 17.7 Å². The maximum atomic E-state index is 13.3. The zero-order valence-corrected chi connectivity index (χ0v) is 16.2. The molecule has 1 saturated carbocycles. The first-order valence-electron chi connectivity index (χ1n) is 9.56. The van der Waals surface area contributed by atoms with Gasteiger partial charge < -0.3 is 9.80 Å². The number of nitrogens with one attached hydrogen (secondary N) is 1. The number of halogens is 1. The molecule has 0 bridgehead atoms. The Morgan fingerprint density at radius 3 is 2.65 bits per heavy atom. The number of likely N-dealkylation sites (N-methyl/N-ethyl adjacent to an activating group) is 1. The molecule has 5 nitrogen and oxygen atoms in total. The summed E-state index contributed by atoms with van der Waals surface area (Å²) in [5.74, 6) is 0.573. The Kier molecular flexibility index (Phi) is 4.76. The van der Waals surface area contributed by atoms with Crippen molar-refractivity contribution in [3.8, 4) is 5.69 Å². The largest absolute Gasteiger partial charge is 0.332 e. The third-order valence-electron chi connectivity index (χ3n) is 5.63. The minimum Gasteiger partial charge on any atom is -0.332 e. The average molecular weight is 374 g/mol. The number of hydrogen-bond donors (Lipinski definition) is 1. The van der Waals surface area contributed by atoms with Crippen LogP contribution in [0.4, 0.5) is 0 Å². The molecule has 0 unspecified atom stereocenters. The van der Waals surface area contributed by atoms with Crippen LogP contribution in [0.2, 0.25) is 5.02 Å². The van der Waals surface area contributed by atoms with Crippen molar-refractivity contribution in [3.05, 3.63) is 46.2 Å². The number of quaternary nitrogens is 1. The third-order valence-corrected chi connectivity index (χ3v) is 5.87. The smallest absolute Gasteiger partial charge is 0.258 e. The minimum absolute atomic E-state index is 0.146. The first-order valence-corrected chi connectivity index (χ1v) is 9.94.